The number of rotatable bonds is 1. The summed E-state index contributed by atoms with van der Waals surface area (Å²) in [4.78, 5) is 0. The topological polar surface area (TPSA) is 82.8 Å². The van der Waals surface area contributed by atoms with Crippen LogP contribution >= 0.6 is 11.6 Å². The zero-order chi connectivity index (χ0) is 16.5. The van der Waals surface area contributed by atoms with Crippen molar-refractivity contribution < 1.29 is 4.74 Å². The summed E-state index contributed by atoms with van der Waals surface area (Å²) in [6.45, 7) is 5.79. The molecular formula is C17H16ClN3O. The Morgan fingerprint density at radius 3 is 2.32 bits per heavy atom. The summed E-state index contributed by atoms with van der Waals surface area (Å²) in [6, 6.07) is 11.3. The highest BCUT2D eigenvalue weighted by molar-refractivity contribution is 6.30. The second kappa shape index (κ2) is 5.75. The Morgan fingerprint density at radius 2 is 1.82 bits per heavy atom. The smallest absolute Gasteiger partial charge is 0.205 e. The molecule has 0 amide bonds. The Labute approximate surface area is 135 Å². The predicted octanol–water partition coefficient (Wildman–Crippen LogP) is 3.97. The highest BCUT2D eigenvalue weighted by atomic mass is 35.5. The largest absolute Gasteiger partial charge is 0.443 e. The molecule has 1 aromatic carbocycles. The summed E-state index contributed by atoms with van der Waals surface area (Å²) in [5.74, 6) is -0.0375. The van der Waals surface area contributed by atoms with E-state index in [0.29, 0.717) is 16.4 Å². The molecule has 2 rings (SSSR count). The quantitative estimate of drug-likeness (QED) is 0.850. The van der Waals surface area contributed by atoms with Crippen LogP contribution in [0.25, 0.3) is 0 Å². The maximum Gasteiger partial charge on any atom is 0.205 e. The minimum Gasteiger partial charge on any atom is -0.443 e. The fraction of sp³-hybridized carbons (Fsp3) is 0.294. The molecule has 0 bridgehead atoms. The van der Waals surface area contributed by atoms with E-state index < -0.39 is 11.3 Å². The number of benzene rings is 1. The summed E-state index contributed by atoms with van der Waals surface area (Å²) in [7, 11) is 0. The van der Waals surface area contributed by atoms with Gasteiger partial charge in [-0.05, 0) is 17.7 Å². The molecule has 4 nitrogen and oxygen atoms in total. The zero-order valence-electron chi connectivity index (χ0n) is 12.6. The summed E-state index contributed by atoms with van der Waals surface area (Å²) in [5.41, 5.74) is 6.87. The average Bonchev–Trinajstić information content (AvgIpc) is 2.45. The highest BCUT2D eigenvalue weighted by Gasteiger charge is 2.37. The van der Waals surface area contributed by atoms with E-state index in [1.165, 1.54) is 0 Å². The molecule has 1 atom stereocenters. The van der Waals surface area contributed by atoms with E-state index in [1.807, 2.05) is 26.8 Å². The Kier molecular flexibility index (Phi) is 4.17. The van der Waals surface area contributed by atoms with E-state index >= 15 is 0 Å². The maximum atomic E-state index is 9.63. The van der Waals surface area contributed by atoms with Crippen molar-refractivity contribution in [3.63, 3.8) is 0 Å². The van der Waals surface area contributed by atoms with Gasteiger partial charge < -0.3 is 10.5 Å². The average molecular weight is 314 g/mol. The lowest BCUT2D eigenvalue weighted by Gasteiger charge is -2.32. The van der Waals surface area contributed by atoms with Gasteiger partial charge in [0.05, 0.1) is 17.6 Å². The van der Waals surface area contributed by atoms with Crippen LogP contribution in [0, 0.1) is 28.1 Å². The number of nitrogens with zero attached hydrogens (tertiary/aromatic N) is 2. The van der Waals surface area contributed by atoms with Gasteiger partial charge in [0.15, 0.2) is 0 Å². The molecule has 0 aliphatic carbocycles. The number of halogens is 1. The zero-order valence-corrected chi connectivity index (χ0v) is 13.4. The molecule has 1 heterocycles. The number of hydrogen-bond acceptors (Lipinski definition) is 4. The van der Waals surface area contributed by atoms with Crippen LogP contribution < -0.4 is 5.73 Å². The van der Waals surface area contributed by atoms with Crippen molar-refractivity contribution in [1.82, 2.24) is 0 Å². The first-order valence-electron chi connectivity index (χ1n) is 6.77. The number of nitriles is 2. The lowest BCUT2D eigenvalue weighted by Crippen LogP contribution is -2.26. The summed E-state index contributed by atoms with van der Waals surface area (Å²) >= 11 is 6.05. The molecule has 0 fully saturated rings. The van der Waals surface area contributed by atoms with E-state index in [4.69, 9.17) is 22.1 Å². The maximum absolute atomic E-state index is 9.63. The Hall–Kier alpha value is -2.43. The lowest BCUT2D eigenvalue weighted by molar-refractivity contribution is 0.199. The van der Waals surface area contributed by atoms with Gasteiger partial charge in [-0.1, -0.05) is 44.5 Å². The monoisotopic (exact) mass is 313 g/mol. The van der Waals surface area contributed by atoms with Crippen LogP contribution in [0.1, 0.15) is 32.3 Å². The molecule has 22 heavy (non-hydrogen) atoms. The standard InChI is InChI=1S/C17H16ClN3O/c1-17(2,3)15-12(8-19)14(13(9-20)16(21)22-15)10-5-4-6-11(18)7-10/h4-7,14H,21H2,1-3H3. The van der Waals surface area contributed by atoms with Gasteiger partial charge >= 0.3 is 0 Å². The van der Waals surface area contributed by atoms with Gasteiger partial charge in [-0.15, -0.1) is 0 Å². The van der Waals surface area contributed by atoms with Crippen LogP contribution in [0.5, 0.6) is 0 Å². The third kappa shape index (κ3) is 2.79. The summed E-state index contributed by atoms with van der Waals surface area (Å²) < 4.78 is 5.60. The first-order chi connectivity index (χ1) is 10.3. The van der Waals surface area contributed by atoms with Crippen LogP contribution in [0.3, 0.4) is 0 Å². The third-order valence-corrected chi connectivity index (χ3v) is 3.64. The van der Waals surface area contributed by atoms with E-state index in [9.17, 15) is 10.5 Å². The van der Waals surface area contributed by atoms with Gasteiger partial charge in [0.1, 0.15) is 17.4 Å². The Bertz CT molecular complexity index is 757. The van der Waals surface area contributed by atoms with E-state index in [0.717, 1.165) is 5.56 Å². The molecule has 0 saturated heterocycles. The molecule has 1 unspecified atom stereocenters. The molecule has 112 valence electrons. The fourth-order valence-electron chi connectivity index (χ4n) is 2.45. The van der Waals surface area contributed by atoms with Crippen molar-refractivity contribution in [2.45, 2.75) is 26.7 Å². The molecule has 0 radical (unpaired) electrons. The van der Waals surface area contributed by atoms with Gasteiger partial charge in [-0.3, -0.25) is 0 Å². The van der Waals surface area contributed by atoms with Crippen LogP contribution in [0.2, 0.25) is 5.02 Å². The molecule has 5 heteroatoms. The molecular weight excluding hydrogens is 298 g/mol. The van der Waals surface area contributed by atoms with E-state index in [-0.39, 0.29) is 11.5 Å². The van der Waals surface area contributed by atoms with Crippen molar-refractivity contribution in [3.8, 4) is 12.1 Å². The van der Waals surface area contributed by atoms with E-state index in [2.05, 4.69) is 12.1 Å². The van der Waals surface area contributed by atoms with Crippen LogP contribution in [-0.4, -0.2) is 0 Å². The van der Waals surface area contributed by atoms with Crippen molar-refractivity contribution in [2.75, 3.05) is 0 Å². The van der Waals surface area contributed by atoms with Gasteiger partial charge in [-0.2, -0.15) is 10.5 Å². The first kappa shape index (κ1) is 15.9. The van der Waals surface area contributed by atoms with Gasteiger partial charge in [-0.25, -0.2) is 0 Å². The molecule has 2 N–H and O–H groups in total. The van der Waals surface area contributed by atoms with Gasteiger partial charge in [0, 0.05) is 10.4 Å². The van der Waals surface area contributed by atoms with Crippen molar-refractivity contribution in [1.29, 1.82) is 10.5 Å². The lowest BCUT2D eigenvalue weighted by atomic mass is 9.79. The van der Waals surface area contributed by atoms with Crippen molar-refractivity contribution in [2.24, 2.45) is 11.1 Å². The van der Waals surface area contributed by atoms with Crippen LogP contribution in [-0.2, 0) is 4.74 Å². The second-order valence-electron chi connectivity index (χ2n) is 6.08. The molecule has 1 aliphatic heterocycles. The minimum absolute atomic E-state index is 0.0383. The number of hydrogen-bond donors (Lipinski definition) is 1. The Balaban J connectivity index is 2.73. The molecule has 0 aromatic heterocycles. The predicted molar refractivity (Wildman–Crippen MR) is 84.2 cm³/mol. The highest BCUT2D eigenvalue weighted by Crippen LogP contribution is 2.44. The van der Waals surface area contributed by atoms with Crippen molar-refractivity contribution >= 4 is 11.6 Å². The first-order valence-corrected chi connectivity index (χ1v) is 7.15. The Morgan fingerprint density at radius 1 is 1.18 bits per heavy atom. The third-order valence-electron chi connectivity index (χ3n) is 3.40. The van der Waals surface area contributed by atoms with Crippen LogP contribution in [0.4, 0.5) is 0 Å². The number of ether oxygens (including phenoxy) is 1. The fourth-order valence-corrected chi connectivity index (χ4v) is 2.65. The van der Waals surface area contributed by atoms with Crippen molar-refractivity contribution in [3.05, 3.63) is 57.6 Å². The van der Waals surface area contributed by atoms with Crippen LogP contribution in [0.15, 0.2) is 47.1 Å². The summed E-state index contributed by atoms with van der Waals surface area (Å²) in [6.07, 6.45) is 0. The molecule has 1 aliphatic rings. The SMILES string of the molecule is CC(C)(C)C1=C(C#N)C(c2cccc(Cl)c2)C(C#N)=C(N)O1. The molecule has 1 aromatic rings. The molecule has 0 saturated carbocycles. The molecule has 0 spiro atoms. The normalized spacial score (nSPS) is 18.5. The number of nitrogens with two attached hydrogens (primary N) is 1. The van der Waals surface area contributed by atoms with E-state index in [1.54, 1.807) is 18.2 Å². The summed E-state index contributed by atoms with van der Waals surface area (Å²) in [5, 5.41) is 19.6. The van der Waals surface area contributed by atoms with Gasteiger partial charge in [0.25, 0.3) is 0 Å². The minimum atomic E-state index is -0.559. The van der Waals surface area contributed by atoms with Gasteiger partial charge in [0.2, 0.25) is 5.88 Å². The second-order valence-corrected chi connectivity index (χ2v) is 6.52. The number of allylic oxidation sites excluding steroid dienone is 3.